The smallest absolute Gasteiger partial charge is 0.365 e. The fourth-order valence-electron chi connectivity index (χ4n) is 4.30. The summed E-state index contributed by atoms with van der Waals surface area (Å²) in [5.41, 5.74) is 1.37. The van der Waals surface area contributed by atoms with Crippen molar-refractivity contribution in [2.45, 2.75) is 47.5 Å². The largest absolute Gasteiger partial charge is 0.493 e. The molecule has 0 aliphatic rings. The topological polar surface area (TPSA) is 116 Å². The summed E-state index contributed by atoms with van der Waals surface area (Å²) in [5, 5.41) is 10.9. The predicted molar refractivity (Wildman–Crippen MR) is 163 cm³/mol. The number of carbonyl (C=O) groups excluding carboxylic acids is 3. The molecule has 2 rings (SSSR count). The summed E-state index contributed by atoms with van der Waals surface area (Å²) in [5.74, 6) is -0.505. The monoisotopic (exact) mass is 586 g/mol. The Hall–Kier alpha value is -3.40. The van der Waals surface area contributed by atoms with Gasteiger partial charge in [0, 0.05) is 43.7 Å². The Morgan fingerprint density at radius 1 is 1.02 bits per heavy atom. The zero-order valence-corrected chi connectivity index (χ0v) is 25.9. The minimum absolute atomic E-state index is 0.0797. The summed E-state index contributed by atoms with van der Waals surface area (Å²) in [7, 11) is 1.76. The van der Waals surface area contributed by atoms with Crippen LogP contribution >= 0.6 is 11.6 Å². The van der Waals surface area contributed by atoms with Crippen LogP contribution < -0.4 is 26.0 Å². The number of primary amides is 1. The van der Waals surface area contributed by atoms with Crippen molar-refractivity contribution < 1.29 is 24.4 Å². The number of benzene rings is 2. The van der Waals surface area contributed by atoms with E-state index in [1.807, 2.05) is 51.1 Å². The van der Waals surface area contributed by atoms with Crippen LogP contribution in [0, 0.1) is 5.41 Å². The van der Waals surface area contributed by atoms with Gasteiger partial charge in [-0.05, 0) is 55.8 Å². The quantitative estimate of drug-likeness (QED) is 0.176. The van der Waals surface area contributed by atoms with Crippen LogP contribution in [-0.4, -0.2) is 62.5 Å². The van der Waals surface area contributed by atoms with E-state index in [-0.39, 0.29) is 36.4 Å². The Balaban J connectivity index is 2.17. The number of amides is 3. The number of rotatable bonds is 16. The number of hydrogen-bond donors (Lipinski definition) is 4. The van der Waals surface area contributed by atoms with Gasteiger partial charge in [0.1, 0.15) is 11.4 Å². The van der Waals surface area contributed by atoms with Crippen LogP contribution in [-0.2, 0) is 9.59 Å². The number of carbonyl (C=O) groups is 3. The molecule has 3 amide bonds. The van der Waals surface area contributed by atoms with Crippen LogP contribution in [0.25, 0.3) is 0 Å². The average Bonchev–Trinajstić information content (AvgIpc) is 2.94. The highest BCUT2D eigenvalue weighted by Crippen LogP contribution is 2.24. The van der Waals surface area contributed by atoms with Crippen molar-refractivity contribution in [3.63, 3.8) is 0 Å². The number of nitrogens with two attached hydrogens (primary N) is 1. The standard InChI is InChI=1S/C31H44ClN5O4/c1-7-37(8-2)18-17-25(33-6)28(30(40)35-23-13-11-10-12-14-23)36-27(38)20-31(4,5)21-34-29(39)24-19-22(32)15-16-26(24)41-9-3/h10-16,19,33H,7-9,17-18,20-21H2,1-6H3,(H,34,39)(H,35,40)(H,36,38)/p+1/b28-25+. The third-order valence-electron chi connectivity index (χ3n) is 6.64. The summed E-state index contributed by atoms with van der Waals surface area (Å²) in [4.78, 5) is 41.9. The van der Waals surface area contributed by atoms with E-state index in [0.29, 0.717) is 35.1 Å². The zero-order chi connectivity index (χ0) is 30.4. The molecule has 0 fully saturated rings. The van der Waals surface area contributed by atoms with E-state index in [2.05, 4.69) is 34.7 Å². The molecule has 0 heterocycles. The van der Waals surface area contributed by atoms with Gasteiger partial charge in [-0.3, -0.25) is 9.59 Å². The molecule has 0 aliphatic carbocycles. The lowest BCUT2D eigenvalue weighted by atomic mass is 9.88. The van der Waals surface area contributed by atoms with Gasteiger partial charge in [-0.25, -0.2) is 10.1 Å². The number of nitrogens with one attached hydrogen (secondary N) is 3. The van der Waals surface area contributed by atoms with Crippen LogP contribution in [0.3, 0.4) is 0 Å². The van der Waals surface area contributed by atoms with Gasteiger partial charge in [-0.1, -0.05) is 57.5 Å². The van der Waals surface area contributed by atoms with Crippen LogP contribution in [0.2, 0.25) is 5.02 Å². The zero-order valence-electron chi connectivity index (χ0n) is 25.1. The second-order valence-electron chi connectivity index (χ2n) is 10.4. The number of hydrogen-bond acceptors (Lipinski definition) is 6. The summed E-state index contributed by atoms with van der Waals surface area (Å²) < 4.78 is 5.57. The third kappa shape index (κ3) is 11.2. The number of para-hydroxylation sites is 1. The Morgan fingerprint density at radius 3 is 2.32 bits per heavy atom. The van der Waals surface area contributed by atoms with E-state index < -0.39 is 5.41 Å². The lowest BCUT2D eigenvalue weighted by molar-refractivity contribution is -0.479. The molecule has 9 nitrogen and oxygen atoms in total. The molecule has 0 spiro atoms. The molecule has 0 aliphatic heterocycles. The first-order valence-corrected chi connectivity index (χ1v) is 14.5. The predicted octanol–water partition coefficient (Wildman–Crippen LogP) is 3.59. The lowest BCUT2D eigenvalue weighted by Gasteiger charge is -2.25. The maximum Gasteiger partial charge on any atom is 0.365 e. The minimum Gasteiger partial charge on any atom is -0.493 e. The Labute approximate surface area is 249 Å². The molecule has 0 aromatic heterocycles. The van der Waals surface area contributed by atoms with Gasteiger partial charge >= 0.3 is 5.91 Å². The second kappa shape index (κ2) is 16.8. The van der Waals surface area contributed by atoms with Crippen LogP contribution in [0.4, 0.5) is 5.69 Å². The number of ether oxygens (including phenoxy) is 1. The van der Waals surface area contributed by atoms with E-state index in [9.17, 15) is 14.4 Å². The lowest BCUT2D eigenvalue weighted by Crippen LogP contribution is -2.83. The van der Waals surface area contributed by atoms with E-state index in [0.717, 1.165) is 25.3 Å². The molecule has 2 aromatic carbocycles. The van der Waals surface area contributed by atoms with Gasteiger partial charge in [0.05, 0.1) is 12.2 Å². The van der Waals surface area contributed by atoms with Crippen LogP contribution in [0.1, 0.15) is 57.8 Å². The van der Waals surface area contributed by atoms with Crippen molar-refractivity contribution in [1.29, 1.82) is 0 Å². The SMILES string of the molecule is CCOc1ccc(Cl)cc1C(=O)NCC(C)(C)CC(=O)N/C(C(=O)[NH2+]c1ccccc1)=C(\CCN(CC)CC)NC. The van der Waals surface area contributed by atoms with Crippen LogP contribution in [0.5, 0.6) is 5.75 Å². The van der Waals surface area contributed by atoms with Gasteiger partial charge in [0.25, 0.3) is 5.91 Å². The number of halogens is 1. The Kier molecular flexibility index (Phi) is 13.8. The molecule has 0 saturated heterocycles. The first kappa shape index (κ1) is 33.8. The molecule has 10 heteroatoms. The number of quaternary nitrogens is 1. The van der Waals surface area contributed by atoms with E-state index in [1.165, 1.54) is 5.32 Å². The fourth-order valence-corrected chi connectivity index (χ4v) is 4.47. The van der Waals surface area contributed by atoms with Gasteiger partial charge in [0.15, 0.2) is 5.70 Å². The van der Waals surface area contributed by atoms with Gasteiger partial charge in [-0.2, -0.15) is 0 Å². The van der Waals surface area contributed by atoms with Gasteiger partial charge in [0.2, 0.25) is 5.91 Å². The van der Waals surface area contributed by atoms with Crippen molar-refractivity contribution in [3.8, 4) is 5.75 Å². The van der Waals surface area contributed by atoms with Crippen molar-refractivity contribution in [2.75, 3.05) is 39.8 Å². The molecular weight excluding hydrogens is 542 g/mol. The highest BCUT2D eigenvalue weighted by molar-refractivity contribution is 6.31. The molecule has 0 unspecified atom stereocenters. The molecule has 41 heavy (non-hydrogen) atoms. The Bertz CT molecular complexity index is 1200. The summed E-state index contributed by atoms with van der Waals surface area (Å²) >= 11 is 6.11. The Morgan fingerprint density at radius 2 is 1.71 bits per heavy atom. The normalized spacial score (nSPS) is 12.0. The van der Waals surface area contributed by atoms with E-state index in [4.69, 9.17) is 16.3 Å². The molecule has 5 N–H and O–H groups in total. The van der Waals surface area contributed by atoms with Crippen molar-refractivity contribution in [1.82, 2.24) is 20.9 Å². The minimum atomic E-state index is -0.609. The summed E-state index contributed by atoms with van der Waals surface area (Å²) in [6.45, 7) is 12.9. The van der Waals surface area contributed by atoms with Crippen molar-refractivity contribution in [3.05, 3.63) is 70.5 Å². The maximum absolute atomic E-state index is 13.4. The highest BCUT2D eigenvalue weighted by Gasteiger charge is 2.28. The first-order valence-electron chi connectivity index (χ1n) is 14.1. The second-order valence-corrected chi connectivity index (χ2v) is 10.9. The average molecular weight is 587 g/mol. The van der Waals surface area contributed by atoms with Gasteiger partial charge < -0.3 is 25.6 Å². The third-order valence-corrected chi connectivity index (χ3v) is 6.87. The van der Waals surface area contributed by atoms with E-state index in [1.54, 1.807) is 25.2 Å². The molecule has 0 atom stereocenters. The summed E-state index contributed by atoms with van der Waals surface area (Å²) in [6.07, 6.45) is 0.652. The maximum atomic E-state index is 13.4. The summed E-state index contributed by atoms with van der Waals surface area (Å²) in [6, 6.07) is 14.2. The number of nitrogens with zero attached hydrogens (tertiary/aromatic N) is 1. The molecule has 0 radical (unpaired) electrons. The molecule has 224 valence electrons. The first-order chi connectivity index (χ1) is 19.5. The van der Waals surface area contributed by atoms with Crippen molar-refractivity contribution >= 4 is 35.0 Å². The van der Waals surface area contributed by atoms with Crippen molar-refractivity contribution in [2.24, 2.45) is 5.41 Å². The molecular formula is C31H45ClN5O4+. The van der Waals surface area contributed by atoms with E-state index >= 15 is 0 Å². The van der Waals surface area contributed by atoms with Crippen LogP contribution in [0.15, 0.2) is 59.9 Å². The highest BCUT2D eigenvalue weighted by atomic mass is 35.5. The van der Waals surface area contributed by atoms with Gasteiger partial charge in [-0.15, -0.1) is 0 Å². The molecule has 2 aromatic rings. The molecule has 0 bridgehead atoms. The fraction of sp³-hybridized carbons (Fsp3) is 0.452. The molecule has 0 saturated carbocycles.